The number of aromatic nitrogens is 3. The number of para-hydroxylation sites is 1. The molecule has 1 aromatic carbocycles. The number of ether oxygens (including phenoxy) is 1. The summed E-state index contributed by atoms with van der Waals surface area (Å²) < 4.78 is 5.41. The average Bonchev–Trinajstić information content (AvgIpc) is 3.04. The van der Waals surface area contributed by atoms with Crippen LogP contribution in [0.2, 0.25) is 0 Å². The molecule has 0 bridgehead atoms. The number of aromatic amines is 1. The van der Waals surface area contributed by atoms with E-state index in [2.05, 4.69) is 15.2 Å². The molecule has 0 aliphatic heterocycles. The second kappa shape index (κ2) is 4.97. The number of thiazole rings is 1. The number of rotatable bonds is 3. The zero-order valence-electron chi connectivity index (χ0n) is 11.2. The van der Waals surface area contributed by atoms with Crippen molar-refractivity contribution < 1.29 is 4.74 Å². The molecule has 0 spiro atoms. The third-order valence-corrected chi connectivity index (χ3v) is 3.97. The van der Waals surface area contributed by atoms with Crippen molar-refractivity contribution in [1.29, 1.82) is 0 Å². The first kappa shape index (κ1) is 12.7. The van der Waals surface area contributed by atoms with Crippen LogP contribution in [0.4, 0.5) is 5.82 Å². The van der Waals surface area contributed by atoms with E-state index in [4.69, 9.17) is 10.5 Å². The second-order valence-electron chi connectivity index (χ2n) is 4.30. The number of nitrogen functional groups attached to an aromatic ring is 1. The summed E-state index contributed by atoms with van der Waals surface area (Å²) in [6, 6.07) is 7.75. The fraction of sp³-hybridized carbons (Fsp3) is 0.143. The van der Waals surface area contributed by atoms with Crippen molar-refractivity contribution in [3.63, 3.8) is 0 Å². The van der Waals surface area contributed by atoms with Crippen LogP contribution in [-0.4, -0.2) is 22.3 Å². The monoisotopic (exact) mass is 286 g/mol. The average molecular weight is 286 g/mol. The van der Waals surface area contributed by atoms with Crippen molar-refractivity contribution >= 4 is 17.2 Å². The van der Waals surface area contributed by atoms with E-state index in [1.165, 1.54) is 0 Å². The van der Waals surface area contributed by atoms with Crippen LogP contribution in [0.5, 0.6) is 5.75 Å². The quantitative estimate of drug-likeness (QED) is 0.775. The van der Waals surface area contributed by atoms with Crippen LogP contribution in [0.25, 0.3) is 21.7 Å². The minimum atomic E-state index is 0.454. The molecule has 0 atom stereocenters. The van der Waals surface area contributed by atoms with Gasteiger partial charge < -0.3 is 10.5 Å². The van der Waals surface area contributed by atoms with Gasteiger partial charge in [-0.05, 0) is 13.0 Å². The highest BCUT2D eigenvalue weighted by molar-refractivity contribution is 7.15. The van der Waals surface area contributed by atoms with Gasteiger partial charge in [-0.25, -0.2) is 4.98 Å². The number of benzene rings is 1. The van der Waals surface area contributed by atoms with Gasteiger partial charge in [-0.1, -0.05) is 18.2 Å². The van der Waals surface area contributed by atoms with E-state index >= 15 is 0 Å². The zero-order valence-corrected chi connectivity index (χ0v) is 12.0. The summed E-state index contributed by atoms with van der Waals surface area (Å²) in [5.41, 5.74) is 8.67. The Bertz CT molecular complexity index is 747. The number of nitrogens with zero attached hydrogens (tertiary/aromatic N) is 2. The van der Waals surface area contributed by atoms with Gasteiger partial charge in [-0.3, -0.25) is 5.10 Å². The van der Waals surface area contributed by atoms with Crippen LogP contribution in [0, 0.1) is 6.92 Å². The lowest BCUT2D eigenvalue weighted by molar-refractivity contribution is 0.416. The lowest BCUT2D eigenvalue weighted by Crippen LogP contribution is -1.92. The Morgan fingerprint density at radius 3 is 2.80 bits per heavy atom. The van der Waals surface area contributed by atoms with E-state index in [0.717, 1.165) is 32.5 Å². The van der Waals surface area contributed by atoms with Gasteiger partial charge in [0.2, 0.25) is 0 Å². The number of aryl methyl sites for hydroxylation is 1. The SMILES string of the molecule is COc1ccccc1-c1c(N)n[nH]c1-c1cnc(C)s1. The molecule has 3 N–H and O–H groups in total. The van der Waals surface area contributed by atoms with E-state index in [1.54, 1.807) is 18.4 Å². The first-order valence-corrected chi connectivity index (χ1v) is 6.92. The maximum Gasteiger partial charge on any atom is 0.153 e. The number of anilines is 1. The highest BCUT2D eigenvalue weighted by Crippen LogP contribution is 2.40. The molecule has 5 nitrogen and oxygen atoms in total. The van der Waals surface area contributed by atoms with Crippen molar-refractivity contribution in [1.82, 2.24) is 15.2 Å². The summed E-state index contributed by atoms with van der Waals surface area (Å²) in [4.78, 5) is 5.29. The molecule has 2 heterocycles. The van der Waals surface area contributed by atoms with Gasteiger partial charge in [0.15, 0.2) is 5.82 Å². The summed E-state index contributed by atoms with van der Waals surface area (Å²) in [5, 5.41) is 8.12. The summed E-state index contributed by atoms with van der Waals surface area (Å²) in [6.07, 6.45) is 1.83. The summed E-state index contributed by atoms with van der Waals surface area (Å²) in [7, 11) is 1.64. The van der Waals surface area contributed by atoms with Crippen LogP contribution in [-0.2, 0) is 0 Å². The first-order chi connectivity index (χ1) is 9.70. The van der Waals surface area contributed by atoms with E-state index in [0.29, 0.717) is 5.82 Å². The molecule has 0 fully saturated rings. The predicted molar refractivity (Wildman–Crippen MR) is 80.8 cm³/mol. The van der Waals surface area contributed by atoms with Crippen LogP contribution in [0.1, 0.15) is 5.01 Å². The smallest absolute Gasteiger partial charge is 0.153 e. The normalized spacial score (nSPS) is 10.7. The van der Waals surface area contributed by atoms with E-state index in [-0.39, 0.29) is 0 Å². The first-order valence-electron chi connectivity index (χ1n) is 6.10. The van der Waals surface area contributed by atoms with Crippen molar-refractivity contribution in [3.05, 3.63) is 35.5 Å². The summed E-state index contributed by atoms with van der Waals surface area (Å²) in [6.45, 7) is 1.97. The lowest BCUT2D eigenvalue weighted by Gasteiger charge is -2.08. The summed E-state index contributed by atoms with van der Waals surface area (Å²) in [5.74, 6) is 1.22. The van der Waals surface area contributed by atoms with E-state index in [1.807, 2.05) is 37.4 Å². The molecule has 3 aromatic rings. The molecule has 20 heavy (non-hydrogen) atoms. The molecule has 0 aliphatic carbocycles. The van der Waals surface area contributed by atoms with Gasteiger partial charge in [-0.15, -0.1) is 11.3 Å². The third-order valence-electron chi connectivity index (χ3n) is 3.04. The van der Waals surface area contributed by atoms with Crippen LogP contribution in [0.15, 0.2) is 30.5 Å². The van der Waals surface area contributed by atoms with Crippen molar-refractivity contribution in [3.8, 4) is 27.4 Å². The molecule has 6 heteroatoms. The molecule has 0 saturated carbocycles. The van der Waals surface area contributed by atoms with Crippen molar-refractivity contribution in [2.45, 2.75) is 6.92 Å². The molecular formula is C14H14N4OS. The molecular weight excluding hydrogens is 272 g/mol. The van der Waals surface area contributed by atoms with Gasteiger partial charge in [0.05, 0.1) is 28.3 Å². The fourth-order valence-corrected chi connectivity index (χ4v) is 2.91. The van der Waals surface area contributed by atoms with Gasteiger partial charge >= 0.3 is 0 Å². The Kier molecular flexibility index (Phi) is 3.15. The van der Waals surface area contributed by atoms with Crippen molar-refractivity contribution in [2.24, 2.45) is 0 Å². The maximum atomic E-state index is 6.03. The van der Waals surface area contributed by atoms with E-state index in [9.17, 15) is 0 Å². The predicted octanol–water partition coefficient (Wildman–Crippen LogP) is 3.10. The van der Waals surface area contributed by atoms with Crippen molar-refractivity contribution in [2.75, 3.05) is 12.8 Å². The highest BCUT2D eigenvalue weighted by atomic mass is 32.1. The number of nitrogens with one attached hydrogen (secondary N) is 1. The number of hydrogen-bond donors (Lipinski definition) is 2. The zero-order chi connectivity index (χ0) is 14.1. The van der Waals surface area contributed by atoms with Gasteiger partial charge in [0.25, 0.3) is 0 Å². The van der Waals surface area contributed by atoms with Crippen LogP contribution in [0.3, 0.4) is 0 Å². The lowest BCUT2D eigenvalue weighted by atomic mass is 10.0. The van der Waals surface area contributed by atoms with Gasteiger partial charge in [0, 0.05) is 11.8 Å². The number of H-pyrrole nitrogens is 1. The Hall–Kier alpha value is -2.34. The number of nitrogens with two attached hydrogens (primary N) is 1. The largest absolute Gasteiger partial charge is 0.496 e. The summed E-state index contributed by atoms with van der Waals surface area (Å²) >= 11 is 1.60. The Morgan fingerprint density at radius 1 is 1.30 bits per heavy atom. The molecule has 0 unspecified atom stereocenters. The third kappa shape index (κ3) is 2.04. The Labute approximate surface area is 120 Å². The minimum absolute atomic E-state index is 0.454. The van der Waals surface area contributed by atoms with Crippen LogP contribution >= 0.6 is 11.3 Å². The second-order valence-corrected chi connectivity index (χ2v) is 5.54. The minimum Gasteiger partial charge on any atom is -0.496 e. The Morgan fingerprint density at radius 2 is 2.10 bits per heavy atom. The topological polar surface area (TPSA) is 76.8 Å². The number of methoxy groups -OCH3 is 1. The molecule has 0 saturated heterocycles. The molecule has 2 aromatic heterocycles. The molecule has 0 amide bonds. The van der Waals surface area contributed by atoms with E-state index < -0.39 is 0 Å². The fourth-order valence-electron chi connectivity index (χ4n) is 2.14. The molecule has 102 valence electrons. The molecule has 0 radical (unpaired) electrons. The highest BCUT2D eigenvalue weighted by Gasteiger charge is 2.19. The molecule has 3 rings (SSSR count). The standard InChI is InChI=1S/C14H14N4OS/c1-8-16-7-11(20-8)13-12(14(15)18-17-13)9-5-3-4-6-10(9)19-2/h3-7H,1-2H3,(H3,15,17,18). The van der Waals surface area contributed by atoms with Gasteiger partial charge in [-0.2, -0.15) is 5.10 Å². The molecule has 0 aliphatic rings. The number of hydrogen-bond acceptors (Lipinski definition) is 5. The van der Waals surface area contributed by atoms with Crippen LogP contribution < -0.4 is 10.5 Å². The van der Waals surface area contributed by atoms with Gasteiger partial charge in [0.1, 0.15) is 5.75 Å². The maximum absolute atomic E-state index is 6.03. The Balaban J connectivity index is 2.21.